The summed E-state index contributed by atoms with van der Waals surface area (Å²) < 4.78 is 0. The lowest BCUT2D eigenvalue weighted by atomic mass is 9.68. The van der Waals surface area contributed by atoms with Gasteiger partial charge in [0.05, 0.1) is 10.7 Å². The first-order valence-electron chi connectivity index (χ1n) is 8.00. The van der Waals surface area contributed by atoms with E-state index >= 15 is 0 Å². The average molecular weight is 321 g/mol. The minimum atomic E-state index is 0.654. The number of benzene rings is 1. The largest absolute Gasteiger partial charge is 0.352 e. The van der Waals surface area contributed by atoms with Crippen LogP contribution in [0.4, 0.5) is 5.69 Å². The van der Waals surface area contributed by atoms with Gasteiger partial charge in [-0.3, -0.25) is 0 Å². The van der Waals surface area contributed by atoms with Gasteiger partial charge in [-0.05, 0) is 56.1 Å². The predicted octanol–water partition coefficient (Wildman–Crippen LogP) is 5.05. The SMILES string of the molecule is Clc1cc(Cl)c2c(c1)CN1C(=N2)C2C[C@H]3CC1C[C@H](C2)C3. The van der Waals surface area contributed by atoms with Gasteiger partial charge in [-0.25, -0.2) is 4.99 Å². The van der Waals surface area contributed by atoms with Gasteiger partial charge in [-0.1, -0.05) is 23.2 Å². The molecule has 2 saturated heterocycles. The normalized spacial score (nSPS) is 36.1. The summed E-state index contributed by atoms with van der Waals surface area (Å²) in [6.45, 7) is 0.940. The maximum absolute atomic E-state index is 6.39. The van der Waals surface area contributed by atoms with Crippen molar-refractivity contribution in [3.05, 3.63) is 27.7 Å². The lowest BCUT2D eigenvalue weighted by Crippen LogP contribution is -2.41. The number of aliphatic imine (C=N–C) groups is 1. The van der Waals surface area contributed by atoms with Gasteiger partial charge < -0.3 is 4.90 Å². The zero-order chi connectivity index (χ0) is 14.1. The molecule has 3 aliphatic heterocycles. The van der Waals surface area contributed by atoms with Crippen LogP contribution in [-0.2, 0) is 6.54 Å². The molecule has 0 amide bonds. The Morgan fingerprint density at radius 2 is 1.76 bits per heavy atom. The molecule has 4 fully saturated rings. The second-order valence-corrected chi connectivity index (χ2v) is 8.10. The lowest BCUT2D eigenvalue weighted by Gasteiger charge is -2.39. The molecule has 0 N–H and O–H groups in total. The molecule has 3 heterocycles. The third-order valence-corrected chi connectivity index (χ3v) is 6.39. The Morgan fingerprint density at radius 1 is 1.00 bits per heavy atom. The highest BCUT2D eigenvalue weighted by Gasteiger charge is 2.46. The summed E-state index contributed by atoms with van der Waals surface area (Å²) in [4.78, 5) is 7.60. The quantitative estimate of drug-likeness (QED) is 0.653. The van der Waals surface area contributed by atoms with Crippen LogP contribution in [0.3, 0.4) is 0 Å². The van der Waals surface area contributed by atoms with E-state index in [4.69, 9.17) is 28.2 Å². The van der Waals surface area contributed by atoms with E-state index in [1.54, 1.807) is 0 Å². The van der Waals surface area contributed by atoms with E-state index < -0.39 is 0 Å². The standard InChI is InChI=1S/C17H18Cl2N2/c18-13-6-12-8-21-14-4-9-1-10(5-14)3-11(2-9)17(21)20-16(12)15(19)7-13/h6-7,9-11,14H,1-5,8H2/t9-,10-,11?,14?/m0/s1. The number of fused-ring (bicyclic) bond motifs is 1. The van der Waals surface area contributed by atoms with E-state index in [1.807, 2.05) is 12.1 Å². The fourth-order valence-electron chi connectivity index (χ4n) is 5.23. The Kier molecular flexibility index (Phi) is 2.67. The summed E-state index contributed by atoms with van der Waals surface area (Å²) in [6.07, 6.45) is 6.84. The zero-order valence-corrected chi connectivity index (χ0v) is 13.4. The Morgan fingerprint density at radius 3 is 2.52 bits per heavy atom. The number of halogens is 2. The van der Waals surface area contributed by atoms with Crippen molar-refractivity contribution in [3.63, 3.8) is 0 Å². The summed E-state index contributed by atoms with van der Waals surface area (Å²) in [5.41, 5.74) is 2.16. The van der Waals surface area contributed by atoms with Crippen molar-refractivity contribution in [2.75, 3.05) is 0 Å². The van der Waals surface area contributed by atoms with Gasteiger partial charge in [0.1, 0.15) is 5.84 Å². The third kappa shape index (κ3) is 1.88. The monoisotopic (exact) mass is 320 g/mol. The van der Waals surface area contributed by atoms with Gasteiger partial charge in [-0.2, -0.15) is 0 Å². The maximum Gasteiger partial charge on any atom is 0.109 e. The smallest absolute Gasteiger partial charge is 0.109 e. The van der Waals surface area contributed by atoms with E-state index in [2.05, 4.69) is 4.90 Å². The van der Waals surface area contributed by atoms with Crippen LogP contribution >= 0.6 is 23.2 Å². The first kappa shape index (κ1) is 12.8. The molecular weight excluding hydrogens is 303 g/mol. The Balaban J connectivity index is 1.66. The van der Waals surface area contributed by atoms with Crippen LogP contribution in [0.1, 0.15) is 37.7 Å². The summed E-state index contributed by atoms with van der Waals surface area (Å²) in [5, 5.41) is 1.42. The molecule has 2 nitrogen and oxygen atoms in total. The molecule has 2 saturated carbocycles. The van der Waals surface area contributed by atoms with Crippen molar-refractivity contribution in [3.8, 4) is 0 Å². The number of rotatable bonds is 0. The third-order valence-electron chi connectivity index (χ3n) is 5.89. The van der Waals surface area contributed by atoms with Crippen LogP contribution in [0.15, 0.2) is 17.1 Å². The molecule has 1 aromatic carbocycles. The summed E-state index contributed by atoms with van der Waals surface area (Å²) in [7, 11) is 0. The van der Waals surface area contributed by atoms with Crippen molar-refractivity contribution >= 4 is 34.7 Å². The fourth-order valence-corrected chi connectivity index (χ4v) is 5.81. The topological polar surface area (TPSA) is 15.6 Å². The number of nitrogens with zero attached hydrogens (tertiary/aromatic N) is 2. The van der Waals surface area contributed by atoms with Gasteiger partial charge >= 0.3 is 0 Å². The molecule has 6 rings (SSSR count). The van der Waals surface area contributed by atoms with Gasteiger partial charge in [0.15, 0.2) is 0 Å². The highest BCUT2D eigenvalue weighted by molar-refractivity contribution is 6.36. The summed E-state index contributed by atoms with van der Waals surface area (Å²) in [6, 6.07) is 4.55. The first-order valence-corrected chi connectivity index (χ1v) is 8.76. The molecule has 110 valence electrons. The van der Waals surface area contributed by atoms with Crippen LogP contribution in [0, 0.1) is 17.8 Å². The van der Waals surface area contributed by atoms with Gasteiger partial charge in [0.25, 0.3) is 0 Å². The summed E-state index contributed by atoms with van der Waals surface area (Å²) >= 11 is 12.6. The minimum absolute atomic E-state index is 0.654. The minimum Gasteiger partial charge on any atom is -0.352 e. The Labute approximate surface area is 135 Å². The highest BCUT2D eigenvalue weighted by Crippen LogP contribution is 2.51. The lowest BCUT2D eigenvalue weighted by molar-refractivity contribution is 0.128. The molecule has 0 radical (unpaired) electrons. The van der Waals surface area contributed by atoms with Crippen molar-refractivity contribution < 1.29 is 0 Å². The van der Waals surface area contributed by atoms with E-state index in [1.165, 1.54) is 43.5 Å². The van der Waals surface area contributed by atoms with Crippen LogP contribution in [0.5, 0.6) is 0 Å². The van der Waals surface area contributed by atoms with Crippen LogP contribution in [-0.4, -0.2) is 16.8 Å². The molecule has 4 heteroatoms. The van der Waals surface area contributed by atoms with E-state index in [-0.39, 0.29) is 0 Å². The van der Waals surface area contributed by atoms with Gasteiger partial charge in [-0.15, -0.1) is 0 Å². The molecule has 21 heavy (non-hydrogen) atoms. The van der Waals surface area contributed by atoms with Crippen molar-refractivity contribution in [1.82, 2.24) is 4.90 Å². The van der Waals surface area contributed by atoms with Crippen molar-refractivity contribution in [1.29, 1.82) is 0 Å². The van der Waals surface area contributed by atoms with Crippen molar-refractivity contribution in [2.24, 2.45) is 22.7 Å². The van der Waals surface area contributed by atoms with Crippen LogP contribution in [0.2, 0.25) is 10.0 Å². The molecule has 2 atom stereocenters. The molecule has 4 bridgehead atoms. The van der Waals surface area contributed by atoms with Crippen molar-refractivity contribution in [2.45, 2.75) is 44.7 Å². The molecule has 0 unspecified atom stereocenters. The molecule has 1 aromatic rings. The first-order chi connectivity index (χ1) is 10.2. The van der Waals surface area contributed by atoms with Gasteiger partial charge in [0, 0.05) is 29.1 Å². The Bertz CT molecular complexity index is 640. The summed E-state index contributed by atoms with van der Waals surface area (Å²) in [5.74, 6) is 3.81. The van der Waals surface area contributed by atoms with Gasteiger partial charge in [0.2, 0.25) is 0 Å². The van der Waals surface area contributed by atoms with Crippen LogP contribution < -0.4 is 0 Å². The zero-order valence-electron chi connectivity index (χ0n) is 11.9. The molecule has 0 spiro atoms. The molecular formula is C17H18Cl2N2. The molecule has 5 aliphatic rings. The second kappa shape index (κ2) is 4.39. The molecule has 0 aromatic heterocycles. The highest BCUT2D eigenvalue weighted by atomic mass is 35.5. The van der Waals surface area contributed by atoms with Crippen LogP contribution in [0.25, 0.3) is 0 Å². The maximum atomic E-state index is 6.39. The van der Waals surface area contributed by atoms with E-state index in [9.17, 15) is 0 Å². The average Bonchev–Trinajstić information content (AvgIpc) is 2.59. The number of hydrogen-bond donors (Lipinski definition) is 0. The Hall–Kier alpha value is -0.730. The number of hydrogen-bond acceptors (Lipinski definition) is 2. The van der Waals surface area contributed by atoms with E-state index in [0.29, 0.717) is 17.0 Å². The number of amidine groups is 1. The predicted molar refractivity (Wildman–Crippen MR) is 86.4 cm³/mol. The second-order valence-electron chi connectivity index (χ2n) is 7.25. The molecule has 2 aliphatic carbocycles. The fraction of sp³-hybridized carbons (Fsp3) is 0.588. The van der Waals surface area contributed by atoms with E-state index in [0.717, 1.165) is 29.1 Å².